The highest BCUT2D eigenvalue weighted by atomic mass is 79.9. The third-order valence-electron chi connectivity index (χ3n) is 3.36. The Kier molecular flexibility index (Phi) is 3.73. The topological polar surface area (TPSA) is 86.4 Å². The molecule has 0 aromatic heterocycles. The monoisotopic (exact) mass is 355 g/mol. The molecule has 0 fully saturated rings. The number of amidine groups is 1. The lowest BCUT2D eigenvalue weighted by molar-refractivity contribution is 0.150. The number of carbonyl (C=O) groups excluding carboxylic acids is 1. The van der Waals surface area contributed by atoms with Gasteiger partial charge in [0.15, 0.2) is 11.5 Å². The number of halogens is 1. The summed E-state index contributed by atoms with van der Waals surface area (Å²) in [6.07, 6.45) is 0. The van der Waals surface area contributed by atoms with E-state index in [0.29, 0.717) is 24.7 Å². The van der Waals surface area contributed by atoms with Crippen molar-refractivity contribution < 1.29 is 19.0 Å². The third kappa shape index (κ3) is 2.44. The van der Waals surface area contributed by atoms with Crippen LogP contribution in [0.3, 0.4) is 0 Å². The van der Waals surface area contributed by atoms with Gasteiger partial charge in [0.1, 0.15) is 11.9 Å². The summed E-state index contributed by atoms with van der Waals surface area (Å²) in [5.41, 5.74) is 6.73. The molecule has 0 aliphatic carbocycles. The molecule has 21 heavy (non-hydrogen) atoms. The van der Waals surface area contributed by atoms with E-state index in [2.05, 4.69) is 20.9 Å². The molecular weight excluding hydrogens is 342 g/mol. The molecule has 2 aliphatic heterocycles. The molecule has 0 bridgehead atoms. The van der Waals surface area contributed by atoms with Crippen molar-refractivity contribution in [3.05, 3.63) is 22.2 Å². The number of rotatable bonds is 4. The van der Waals surface area contributed by atoms with Crippen LogP contribution < -0.4 is 15.2 Å². The molecule has 0 radical (unpaired) electrons. The average Bonchev–Trinajstić information content (AvgIpc) is 3.01. The molecule has 2 aliphatic rings. The second-order valence-electron chi connectivity index (χ2n) is 4.64. The summed E-state index contributed by atoms with van der Waals surface area (Å²) in [6, 6.07) is 2.90. The predicted octanol–water partition coefficient (Wildman–Crippen LogP) is 1.66. The molecule has 2 heterocycles. The van der Waals surface area contributed by atoms with Crippen molar-refractivity contribution in [1.82, 2.24) is 4.90 Å². The van der Waals surface area contributed by atoms with Crippen molar-refractivity contribution >= 4 is 27.8 Å². The fourth-order valence-corrected chi connectivity index (χ4v) is 2.99. The standard InChI is InChI=1S/C13H14BrN3O4/c1-19-3-2-17-10(12(15)16-13(17)18)7-4-8(14)11-9(5-7)20-6-21-11/h4-5,10H,2-3,6H2,1H3,(H2,15,16,18). The zero-order chi connectivity index (χ0) is 15.0. The summed E-state index contributed by atoms with van der Waals surface area (Å²) in [5, 5.41) is 0. The molecular formula is C13H14BrN3O4. The highest BCUT2D eigenvalue weighted by Gasteiger charge is 2.35. The first-order chi connectivity index (χ1) is 10.1. The first kappa shape index (κ1) is 14.2. The molecule has 0 saturated carbocycles. The van der Waals surface area contributed by atoms with Crippen molar-refractivity contribution in [3.63, 3.8) is 0 Å². The van der Waals surface area contributed by atoms with Gasteiger partial charge in [0.2, 0.25) is 6.79 Å². The number of hydrogen-bond donors (Lipinski definition) is 1. The number of nitrogens with two attached hydrogens (primary N) is 1. The normalized spacial score (nSPS) is 20.1. The van der Waals surface area contributed by atoms with Gasteiger partial charge in [-0.3, -0.25) is 0 Å². The Morgan fingerprint density at radius 3 is 3.10 bits per heavy atom. The van der Waals surface area contributed by atoms with E-state index in [1.165, 1.54) is 0 Å². The number of hydrogen-bond acceptors (Lipinski definition) is 5. The molecule has 3 rings (SSSR count). The second-order valence-corrected chi connectivity index (χ2v) is 5.50. The fraction of sp³-hybridized carbons (Fsp3) is 0.385. The van der Waals surface area contributed by atoms with Gasteiger partial charge in [-0.25, -0.2) is 4.79 Å². The van der Waals surface area contributed by atoms with Crippen molar-refractivity contribution in [2.45, 2.75) is 6.04 Å². The van der Waals surface area contributed by atoms with Gasteiger partial charge in [-0.1, -0.05) is 0 Å². The maximum Gasteiger partial charge on any atom is 0.346 e. The molecule has 1 unspecified atom stereocenters. The Labute approximate surface area is 129 Å². The van der Waals surface area contributed by atoms with E-state index in [-0.39, 0.29) is 18.7 Å². The van der Waals surface area contributed by atoms with E-state index in [9.17, 15) is 4.79 Å². The second kappa shape index (κ2) is 5.53. The minimum Gasteiger partial charge on any atom is -0.454 e. The number of aliphatic imine (C=N–C) groups is 1. The maximum atomic E-state index is 11.9. The van der Waals surface area contributed by atoms with Crippen LogP contribution in [0.1, 0.15) is 11.6 Å². The van der Waals surface area contributed by atoms with Crippen LogP contribution in [-0.2, 0) is 4.74 Å². The smallest absolute Gasteiger partial charge is 0.346 e. The average molecular weight is 356 g/mol. The van der Waals surface area contributed by atoms with Crippen molar-refractivity contribution in [2.75, 3.05) is 27.1 Å². The van der Waals surface area contributed by atoms with Gasteiger partial charge in [-0.05, 0) is 33.6 Å². The minimum atomic E-state index is -0.418. The molecule has 1 atom stereocenters. The molecule has 112 valence electrons. The van der Waals surface area contributed by atoms with Gasteiger partial charge in [0.25, 0.3) is 0 Å². The summed E-state index contributed by atoms with van der Waals surface area (Å²) in [5.74, 6) is 1.54. The summed E-state index contributed by atoms with van der Waals surface area (Å²) in [4.78, 5) is 17.3. The predicted molar refractivity (Wildman–Crippen MR) is 78.6 cm³/mol. The largest absolute Gasteiger partial charge is 0.454 e. The first-order valence-electron chi connectivity index (χ1n) is 6.34. The number of carbonyl (C=O) groups is 1. The molecule has 2 N–H and O–H groups in total. The van der Waals surface area contributed by atoms with Crippen LogP contribution in [-0.4, -0.2) is 43.8 Å². The van der Waals surface area contributed by atoms with Crippen LogP contribution in [0, 0.1) is 0 Å². The number of amides is 2. The van der Waals surface area contributed by atoms with Crippen LogP contribution in [0.25, 0.3) is 0 Å². The molecule has 2 amide bonds. The number of nitrogens with zero attached hydrogens (tertiary/aromatic N) is 2. The summed E-state index contributed by atoms with van der Waals surface area (Å²) >= 11 is 3.44. The van der Waals surface area contributed by atoms with Crippen LogP contribution >= 0.6 is 15.9 Å². The SMILES string of the molecule is COCCN1C(=O)N=C(N)C1c1cc(Br)c2c(c1)OCO2. The summed E-state index contributed by atoms with van der Waals surface area (Å²) < 4.78 is 16.5. The van der Waals surface area contributed by atoms with Crippen molar-refractivity contribution in [2.24, 2.45) is 10.7 Å². The van der Waals surface area contributed by atoms with Crippen LogP contribution in [0.15, 0.2) is 21.6 Å². The number of ether oxygens (including phenoxy) is 3. The van der Waals surface area contributed by atoms with E-state index in [0.717, 1.165) is 10.0 Å². The van der Waals surface area contributed by atoms with E-state index >= 15 is 0 Å². The molecule has 7 nitrogen and oxygen atoms in total. The molecule has 0 spiro atoms. The van der Waals surface area contributed by atoms with Crippen LogP contribution in [0.2, 0.25) is 0 Å². The number of methoxy groups -OCH3 is 1. The van der Waals surface area contributed by atoms with Crippen LogP contribution in [0.5, 0.6) is 11.5 Å². The van der Waals surface area contributed by atoms with Gasteiger partial charge < -0.3 is 24.8 Å². The van der Waals surface area contributed by atoms with Gasteiger partial charge in [0.05, 0.1) is 11.1 Å². The lowest BCUT2D eigenvalue weighted by atomic mass is 10.0. The molecule has 8 heteroatoms. The van der Waals surface area contributed by atoms with Gasteiger partial charge in [-0.2, -0.15) is 4.99 Å². The van der Waals surface area contributed by atoms with Crippen molar-refractivity contribution in [3.8, 4) is 11.5 Å². The van der Waals surface area contributed by atoms with E-state index in [1.54, 1.807) is 12.0 Å². The van der Waals surface area contributed by atoms with Crippen LogP contribution in [0.4, 0.5) is 4.79 Å². The molecule has 0 saturated heterocycles. The van der Waals surface area contributed by atoms with Gasteiger partial charge >= 0.3 is 6.03 Å². The van der Waals surface area contributed by atoms with E-state index < -0.39 is 6.04 Å². The Morgan fingerprint density at radius 2 is 2.33 bits per heavy atom. The zero-order valence-corrected chi connectivity index (χ0v) is 12.9. The maximum absolute atomic E-state index is 11.9. The van der Waals surface area contributed by atoms with E-state index in [1.807, 2.05) is 12.1 Å². The number of benzene rings is 1. The Bertz CT molecular complexity index is 620. The Hall–Kier alpha value is -1.80. The highest BCUT2D eigenvalue weighted by molar-refractivity contribution is 9.10. The number of fused-ring (bicyclic) bond motifs is 1. The Morgan fingerprint density at radius 1 is 1.52 bits per heavy atom. The first-order valence-corrected chi connectivity index (χ1v) is 7.13. The lowest BCUT2D eigenvalue weighted by Gasteiger charge is -2.24. The highest BCUT2D eigenvalue weighted by Crippen LogP contribution is 2.42. The summed E-state index contributed by atoms with van der Waals surface area (Å²) in [6.45, 7) is 1.00. The fourth-order valence-electron chi connectivity index (χ4n) is 2.42. The third-order valence-corrected chi connectivity index (χ3v) is 3.95. The minimum absolute atomic E-state index is 0.179. The van der Waals surface area contributed by atoms with Gasteiger partial charge in [0, 0.05) is 13.7 Å². The molecule has 1 aromatic rings. The van der Waals surface area contributed by atoms with Gasteiger partial charge in [-0.15, -0.1) is 0 Å². The van der Waals surface area contributed by atoms with Crippen molar-refractivity contribution in [1.29, 1.82) is 0 Å². The zero-order valence-electron chi connectivity index (χ0n) is 11.3. The van der Waals surface area contributed by atoms with E-state index in [4.69, 9.17) is 19.9 Å². The molecule has 1 aromatic carbocycles. The Balaban J connectivity index is 1.96. The number of urea groups is 1. The lowest BCUT2D eigenvalue weighted by Crippen LogP contribution is -2.35. The quantitative estimate of drug-likeness (QED) is 0.887. The summed E-state index contributed by atoms with van der Waals surface area (Å²) in [7, 11) is 1.58.